The predicted molar refractivity (Wildman–Crippen MR) is 72.5 cm³/mol. The van der Waals surface area contributed by atoms with E-state index in [0.717, 1.165) is 12.2 Å². The Labute approximate surface area is 104 Å². The molecule has 0 aromatic heterocycles. The highest BCUT2D eigenvalue weighted by Gasteiger charge is 2.20. The number of phenols is 1. The van der Waals surface area contributed by atoms with Crippen LogP contribution in [0.25, 0.3) is 0 Å². The Morgan fingerprint density at radius 1 is 1.29 bits per heavy atom. The SMILES string of the molecule is C=CCN(c1cccc(O)c1)C1CCCCC1. The Morgan fingerprint density at radius 3 is 2.71 bits per heavy atom. The van der Waals surface area contributed by atoms with E-state index in [0.29, 0.717) is 11.8 Å². The molecule has 2 nitrogen and oxygen atoms in total. The zero-order valence-electron chi connectivity index (χ0n) is 10.3. The second-order valence-electron chi connectivity index (χ2n) is 4.75. The molecule has 0 saturated heterocycles. The van der Waals surface area contributed by atoms with Gasteiger partial charge in [0, 0.05) is 24.3 Å². The van der Waals surface area contributed by atoms with E-state index < -0.39 is 0 Å². The minimum Gasteiger partial charge on any atom is -0.508 e. The highest BCUT2D eigenvalue weighted by Crippen LogP contribution is 2.28. The summed E-state index contributed by atoms with van der Waals surface area (Å²) in [4.78, 5) is 2.37. The number of nitrogens with zero attached hydrogens (tertiary/aromatic N) is 1. The maximum Gasteiger partial charge on any atom is 0.117 e. The highest BCUT2D eigenvalue weighted by molar-refractivity contribution is 5.51. The molecular weight excluding hydrogens is 210 g/mol. The molecule has 0 heterocycles. The lowest BCUT2D eigenvalue weighted by Gasteiger charge is -2.35. The molecule has 2 rings (SSSR count). The Morgan fingerprint density at radius 2 is 2.06 bits per heavy atom. The molecule has 1 saturated carbocycles. The minimum absolute atomic E-state index is 0.340. The molecule has 0 spiro atoms. The van der Waals surface area contributed by atoms with Crippen molar-refractivity contribution < 1.29 is 5.11 Å². The summed E-state index contributed by atoms with van der Waals surface area (Å²) in [6.07, 6.45) is 8.44. The van der Waals surface area contributed by atoms with Crippen LogP contribution in [0.15, 0.2) is 36.9 Å². The summed E-state index contributed by atoms with van der Waals surface area (Å²) in [5.74, 6) is 0.340. The average Bonchev–Trinajstić information content (AvgIpc) is 2.37. The van der Waals surface area contributed by atoms with Crippen LogP contribution in [0.1, 0.15) is 32.1 Å². The normalized spacial score (nSPS) is 16.7. The lowest BCUT2D eigenvalue weighted by molar-refractivity contribution is 0.420. The van der Waals surface area contributed by atoms with Gasteiger partial charge in [0.1, 0.15) is 5.75 Å². The van der Waals surface area contributed by atoms with Crippen molar-refractivity contribution in [2.75, 3.05) is 11.4 Å². The van der Waals surface area contributed by atoms with E-state index in [1.807, 2.05) is 18.2 Å². The van der Waals surface area contributed by atoms with Gasteiger partial charge < -0.3 is 10.0 Å². The van der Waals surface area contributed by atoms with E-state index >= 15 is 0 Å². The molecule has 0 unspecified atom stereocenters. The van der Waals surface area contributed by atoms with Gasteiger partial charge in [-0.3, -0.25) is 0 Å². The summed E-state index contributed by atoms with van der Waals surface area (Å²) in [6.45, 7) is 4.69. The van der Waals surface area contributed by atoms with Crippen molar-refractivity contribution in [1.82, 2.24) is 0 Å². The molecule has 1 fully saturated rings. The van der Waals surface area contributed by atoms with Crippen LogP contribution in [0, 0.1) is 0 Å². The highest BCUT2D eigenvalue weighted by atomic mass is 16.3. The van der Waals surface area contributed by atoms with Crippen molar-refractivity contribution in [1.29, 1.82) is 0 Å². The number of rotatable bonds is 4. The van der Waals surface area contributed by atoms with E-state index in [1.54, 1.807) is 6.07 Å². The predicted octanol–water partition coefficient (Wildman–Crippen LogP) is 3.72. The molecule has 1 aromatic rings. The molecule has 1 aromatic carbocycles. The Bertz CT molecular complexity index is 369. The van der Waals surface area contributed by atoms with E-state index in [1.165, 1.54) is 32.1 Å². The number of phenolic OH excluding ortho intramolecular Hbond substituents is 1. The van der Waals surface area contributed by atoms with Gasteiger partial charge in [0.2, 0.25) is 0 Å². The first-order valence-corrected chi connectivity index (χ1v) is 6.48. The van der Waals surface area contributed by atoms with Gasteiger partial charge in [0.25, 0.3) is 0 Å². The van der Waals surface area contributed by atoms with E-state index in [2.05, 4.69) is 17.5 Å². The Kier molecular flexibility index (Phi) is 4.08. The zero-order valence-corrected chi connectivity index (χ0v) is 10.3. The van der Waals surface area contributed by atoms with Crippen LogP contribution in [-0.2, 0) is 0 Å². The van der Waals surface area contributed by atoms with E-state index in [4.69, 9.17) is 0 Å². The summed E-state index contributed by atoms with van der Waals surface area (Å²) in [5.41, 5.74) is 1.11. The molecule has 92 valence electrons. The molecule has 0 bridgehead atoms. The minimum atomic E-state index is 0.340. The Balaban J connectivity index is 2.18. The summed E-state index contributed by atoms with van der Waals surface area (Å²) >= 11 is 0. The number of hydrogen-bond donors (Lipinski definition) is 1. The zero-order chi connectivity index (χ0) is 12.1. The second kappa shape index (κ2) is 5.76. The van der Waals surface area contributed by atoms with Crippen LogP contribution in [0.5, 0.6) is 5.75 Å². The first-order chi connectivity index (χ1) is 8.31. The molecule has 1 aliphatic carbocycles. The van der Waals surface area contributed by atoms with Gasteiger partial charge in [0.05, 0.1) is 0 Å². The number of anilines is 1. The monoisotopic (exact) mass is 231 g/mol. The third kappa shape index (κ3) is 3.02. The van der Waals surface area contributed by atoms with Crippen molar-refractivity contribution in [2.45, 2.75) is 38.1 Å². The van der Waals surface area contributed by atoms with Crippen molar-refractivity contribution in [3.05, 3.63) is 36.9 Å². The van der Waals surface area contributed by atoms with Crippen molar-refractivity contribution in [3.8, 4) is 5.75 Å². The smallest absolute Gasteiger partial charge is 0.117 e. The summed E-state index contributed by atoms with van der Waals surface area (Å²) in [5, 5.41) is 9.58. The van der Waals surface area contributed by atoms with Crippen LogP contribution in [0.2, 0.25) is 0 Å². The van der Waals surface area contributed by atoms with Crippen molar-refractivity contribution in [3.63, 3.8) is 0 Å². The molecule has 1 aliphatic rings. The topological polar surface area (TPSA) is 23.5 Å². The molecule has 0 aliphatic heterocycles. The lowest BCUT2D eigenvalue weighted by atomic mass is 9.93. The molecule has 1 N–H and O–H groups in total. The summed E-state index contributed by atoms with van der Waals surface area (Å²) in [7, 11) is 0. The molecule has 0 radical (unpaired) electrons. The van der Waals surface area contributed by atoms with Crippen molar-refractivity contribution in [2.24, 2.45) is 0 Å². The first kappa shape index (κ1) is 12.0. The molecule has 0 amide bonds. The Hall–Kier alpha value is -1.44. The number of aromatic hydroxyl groups is 1. The van der Waals surface area contributed by atoms with Crippen LogP contribution >= 0.6 is 0 Å². The summed E-state index contributed by atoms with van der Waals surface area (Å²) < 4.78 is 0. The molecule has 0 atom stereocenters. The summed E-state index contributed by atoms with van der Waals surface area (Å²) in [6, 6.07) is 8.14. The van der Waals surface area contributed by atoms with Crippen molar-refractivity contribution >= 4 is 5.69 Å². The number of benzene rings is 1. The van der Waals surface area contributed by atoms with Gasteiger partial charge in [-0.15, -0.1) is 6.58 Å². The second-order valence-corrected chi connectivity index (χ2v) is 4.75. The fourth-order valence-corrected chi connectivity index (χ4v) is 2.67. The maximum atomic E-state index is 9.58. The fraction of sp³-hybridized carbons (Fsp3) is 0.467. The lowest BCUT2D eigenvalue weighted by Crippen LogP contribution is -2.36. The van der Waals surface area contributed by atoms with Crippen LogP contribution in [0.4, 0.5) is 5.69 Å². The van der Waals surface area contributed by atoms with Crippen LogP contribution in [0.3, 0.4) is 0 Å². The van der Waals surface area contributed by atoms with Gasteiger partial charge in [0.15, 0.2) is 0 Å². The van der Waals surface area contributed by atoms with Gasteiger partial charge >= 0.3 is 0 Å². The third-order valence-electron chi connectivity index (χ3n) is 3.50. The first-order valence-electron chi connectivity index (χ1n) is 6.48. The van der Waals surface area contributed by atoms with E-state index in [9.17, 15) is 5.11 Å². The van der Waals surface area contributed by atoms with Gasteiger partial charge in [-0.1, -0.05) is 31.4 Å². The largest absolute Gasteiger partial charge is 0.508 e. The molecular formula is C15H21NO. The van der Waals surface area contributed by atoms with Gasteiger partial charge in [-0.25, -0.2) is 0 Å². The van der Waals surface area contributed by atoms with Crippen LogP contribution < -0.4 is 4.90 Å². The molecule has 17 heavy (non-hydrogen) atoms. The van der Waals surface area contributed by atoms with E-state index in [-0.39, 0.29) is 0 Å². The fourth-order valence-electron chi connectivity index (χ4n) is 2.67. The van der Waals surface area contributed by atoms with Crippen LogP contribution in [-0.4, -0.2) is 17.7 Å². The molecule has 2 heteroatoms. The third-order valence-corrected chi connectivity index (χ3v) is 3.50. The number of hydrogen-bond acceptors (Lipinski definition) is 2. The van der Waals surface area contributed by atoms with Gasteiger partial charge in [-0.2, -0.15) is 0 Å². The van der Waals surface area contributed by atoms with Gasteiger partial charge in [-0.05, 0) is 25.0 Å². The standard InChI is InChI=1S/C15H21NO/c1-2-11-16(13-7-4-3-5-8-13)14-9-6-10-15(17)12-14/h2,6,9-10,12-13,17H,1,3-5,7-8,11H2. The quantitative estimate of drug-likeness (QED) is 0.798. The average molecular weight is 231 g/mol. The maximum absolute atomic E-state index is 9.58.